The molecule has 0 bridgehead atoms. The minimum absolute atomic E-state index is 0.0946. The van der Waals surface area contributed by atoms with Crippen LogP contribution in [0.5, 0.6) is 5.75 Å². The normalized spacial score (nSPS) is 14.5. The molecule has 1 fully saturated rings. The van der Waals surface area contributed by atoms with E-state index in [1.807, 2.05) is 23.1 Å². The van der Waals surface area contributed by atoms with Crippen LogP contribution in [0.15, 0.2) is 35.1 Å². The van der Waals surface area contributed by atoms with Gasteiger partial charge in [-0.15, -0.1) is 0 Å². The first-order valence-corrected chi connectivity index (χ1v) is 11.7. The van der Waals surface area contributed by atoms with Crippen molar-refractivity contribution in [3.8, 4) is 5.75 Å². The molecule has 1 heterocycles. The minimum atomic E-state index is -0.228. The third-order valence-corrected chi connectivity index (χ3v) is 5.88. The highest BCUT2D eigenvalue weighted by Gasteiger charge is 2.25. The molecule has 0 unspecified atom stereocenters. The van der Waals surface area contributed by atoms with Crippen LogP contribution in [-0.4, -0.2) is 47.6 Å². The molecule has 7 nitrogen and oxygen atoms in total. The standard InChI is InChI=1S/C25H34N2O5/c1-18(2)25(30)32-16-14-27(20-7-4-3-5-8-20)24(29)9-6-15-31-21-11-12-22-19(17-21)10-13-23(28)26-22/h10-13,17-18,20H,3-9,14-16H2,1-2H3,(H,26,28). The molecule has 1 aromatic heterocycles. The van der Waals surface area contributed by atoms with Gasteiger partial charge >= 0.3 is 5.97 Å². The summed E-state index contributed by atoms with van der Waals surface area (Å²) in [6.07, 6.45) is 6.52. The predicted octanol–water partition coefficient (Wildman–Crippen LogP) is 4.05. The van der Waals surface area contributed by atoms with Crippen LogP contribution in [0.2, 0.25) is 0 Å². The van der Waals surface area contributed by atoms with Gasteiger partial charge in [0, 0.05) is 29.4 Å². The SMILES string of the molecule is CC(C)C(=O)OCCN(C(=O)CCCOc1ccc2[nH]c(=O)ccc2c1)C1CCCCC1. The van der Waals surface area contributed by atoms with E-state index in [4.69, 9.17) is 9.47 Å². The fourth-order valence-corrected chi connectivity index (χ4v) is 4.09. The molecule has 1 aliphatic carbocycles. The summed E-state index contributed by atoms with van der Waals surface area (Å²) < 4.78 is 11.1. The second kappa shape index (κ2) is 11.7. The maximum Gasteiger partial charge on any atom is 0.308 e. The van der Waals surface area contributed by atoms with Gasteiger partial charge in [0.2, 0.25) is 11.5 Å². The van der Waals surface area contributed by atoms with E-state index < -0.39 is 0 Å². The summed E-state index contributed by atoms with van der Waals surface area (Å²) in [6.45, 7) is 4.74. The lowest BCUT2D eigenvalue weighted by molar-refractivity contribution is -0.150. The van der Waals surface area contributed by atoms with E-state index in [0.717, 1.165) is 36.6 Å². The van der Waals surface area contributed by atoms with Crippen LogP contribution in [0.1, 0.15) is 58.8 Å². The monoisotopic (exact) mass is 442 g/mol. The molecule has 1 amide bonds. The van der Waals surface area contributed by atoms with Gasteiger partial charge in [0.1, 0.15) is 12.4 Å². The van der Waals surface area contributed by atoms with Crippen molar-refractivity contribution in [2.75, 3.05) is 19.8 Å². The smallest absolute Gasteiger partial charge is 0.308 e. The van der Waals surface area contributed by atoms with Gasteiger partial charge in [0.15, 0.2) is 0 Å². The molecule has 3 rings (SSSR count). The van der Waals surface area contributed by atoms with Crippen molar-refractivity contribution >= 4 is 22.8 Å². The fourth-order valence-electron chi connectivity index (χ4n) is 4.09. The molecule has 0 atom stereocenters. The topological polar surface area (TPSA) is 88.7 Å². The van der Waals surface area contributed by atoms with Crippen molar-refractivity contribution in [2.24, 2.45) is 5.92 Å². The number of hydrogen-bond acceptors (Lipinski definition) is 5. The number of nitrogens with zero attached hydrogens (tertiary/aromatic N) is 1. The van der Waals surface area contributed by atoms with Gasteiger partial charge in [-0.25, -0.2) is 0 Å². The Morgan fingerprint density at radius 1 is 1.09 bits per heavy atom. The number of hydrogen-bond donors (Lipinski definition) is 1. The summed E-state index contributed by atoms with van der Waals surface area (Å²) in [6, 6.07) is 9.00. The van der Waals surface area contributed by atoms with Crippen LogP contribution in [0.3, 0.4) is 0 Å². The number of H-pyrrole nitrogens is 1. The predicted molar refractivity (Wildman–Crippen MR) is 124 cm³/mol. The van der Waals surface area contributed by atoms with Crippen molar-refractivity contribution in [1.82, 2.24) is 9.88 Å². The van der Waals surface area contributed by atoms with E-state index in [9.17, 15) is 14.4 Å². The maximum atomic E-state index is 13.0. The Labute approximate surface area is 189 Å². The molecule has 7 heteroatoms. The lowest BCUT2D eigenvalue weighted by Crippen LogP contribution is -2.43. The molecular weight excluding hydrogens is 408 g/mol. The van der Waals surface area contributed by atoms with Gasteiger partial charge in [-0.2, -0.15) is 0 Å². The summed E-state index contributed by atoms with van der Waals surface area (Å²) in [4.78, 5) is 40.8. The molecule has 32 heavy (non-hydrogen) atoms. The van der Waals surface area contributed by atoms with Gasteiger partial charge in [0.25, 0.3) is 0 Å². The second-order valence-corrected chi connectivity index (χ2v) is 8.72. The minimum Gasteiger partial charge on any atom is -0.494 e. The number of carbonyl (C=O) groups is 2. The summed E-state index contributed by atoms with van der Waals surface area (Å²) in [5, 5.41) is 0.901. The number of benzene rings is 1. The Hall–Kier alpha value is -2.83. The summed E-state index contributed by atoms with van der Waals surface area (Å²) >= 11 is 0. The number of esters is 1. The lowest BCUT2D eigenvalue weighted by atomic mass is 9.94. The second-order valence-electron chi connectivity index (χ2n) is 8.72. The van der Waals surface area contributed by atoms with Gasteiger partial charge in [-0.05, 0) is 43.5 Å². The molecule has 2 aromatic rings. The number of ether oxygens (including phenoxy) is 2. The van der Waals surface area contributed by atoms with Crippen molar-refractivity contribution in [2.45, 2.75) is 64.8 Å². The fraction of sp³-hybridized carbons (Fsp3) is 0.560. The highest BCUT2D eigenvalue weighted by atomic mass is 16.5. The molecule has 1 saturated carbocycles. The third kappa shape index (κ3) is 6.84. The zero-order chi connectivity index (χ0) is 22.9. The van der Waals surface area contributed by atoms with E-state index in [2.05, 4.69) is 4.98 Å². The Morgan fingerprint density at radius 3 is 2.62 bits per heavy atom. The van der Waals surface area contributed by atoms with E-state index in [0.29, 0.717) is 31.7 Å². The third-order valence-electron chi connectivity index (χ3n) is 5.88. The molecule has 174 valence electrons. The zero-order valence-electron chi connectivity index (χ0n) is 19.1. The Balaban J connectivity index is 1.49. The number of pyridine rings is 1. The first-order chi connectivity index (χ1) is 15.4. The zero-order valence-corrected chi connectivity index (χ0v) is 19.1. The Bertz CT molecular complexity index is 962. The molecule has 0 aliphatic heterocycles. The molecule has 0 spiro atoms. The first kappa shape index (κ1) is 23.8. The number of rotatable bonds is 10. The summed E-state index contributed by atoms with van der Waals surface area (Å²) in [5.41, 5.74) is 0.632. The van der Waals surface area contributed by atoms with Gasteiger partial charge in [-0.1, -0.05) is 33.1 Å². The Morgan fingerprint density at radius 2 is 1.88 bits per heavy atom. The highest BCUT2D eigenvalue weighted by molar-refractivity contribution is 5.79. The molecule has 0 radical (unpaired) electrons. The number of nitrogens with one attached hydrogen (secondary N) is 1. The lowest BCUT2D eigenvalue weighted by Gasteiger charge is -2.34. The van der Waals surface area contributed by atoms with E-state index in [1.54, 1.807) is 19.9 Å². The van der Waals surface area contributed by atoms with Gasteiger partial charge in [-0.3, -0.25) is 14.4 Å². The summed E-state index contributed by atoms with van der Waals surface area (Å²) in [5.74, 6) is 0.411. The Kier molecular flexibility index (Phi) is 8.71. The van der Waals surface area contributed by atoms with Crippen molar-refractivity contribution < 1.29 is 19.1 Å². The van der Waals surface area contributed by atoms with Gasteiger partial charge in [0.05, 0.1) is 19.1 Å². The molecule has 1 aromatic carbocycles. The first-order valence-electron chi connectivity index (χ1n) is 11.7. The molecule has 1 aliphatic rings. The van der Waals surface area contributed by atoms with Crippen LogP contribution in [0.25, 0.3) is 10.9 Å². The number of aromatic nitrogens is 1. The van der Waals surface area contributed by atoms with Crippen LogP contribution in [0, 0.1) is 5.92 Å². The van der Waals surface area contributed by atoms with E-state index >= 15 is 0 Å². The van der Waals surface area contributed by atoms with Crippen LogP contribution in [0.4, 0.5) is 0 Å². The van der Waals surface area contributed by atoms with Crippen molar-refractivity contribution in [3.63, 3.8) is 0 Å². The largest absolute Gasteiger partial charge is 0.494 e. The summed E-state index contributed by atoms with van der Waals surface area (Å²) in [7, 11) is 0. The molecule has 0 saturated heterocycles. The van der Waals surface area contributed by atoms with E-state index in [1.165, 1.54) is 12.5 Å². The van der Waals surface area contributed by atoms with Crippen molar-refractivity contribution in [1.29, 1.82) is 0 Å². The number of aromatic amines is 1. The molecular formula is C25H34N2O5. The average molecular weight is 443 g/mol. The molecule has 1 N–H and O–H groups in total. The van der Waals surface area contributed by atoms with Gasteiger partial charge < -0.3 is 19.4 Å². The number of amides is 1. The van der Waals surface area contributed by atoms with Crippen LogP contribution in [-0.2, 0) is 14.3 Å². The number of carbonyl (C=O) groups excluding carboxylic acids is 2. The quantitative estimate of drug-likeness (QED) is 0.443. The number of fused-ring (bicyclic) bond motifs is 1. The van der Waals surface area contributed by atoms with E-state index in [-0.39, 0.29) is 36.0 Å². The van der Waals surface area contributed by atoms with Crippen LogP contribution < -0.4 is 10.3 Å². The maximum absolute atomic E-state index is 13.0. The highest BCUT2D eigenvalue weighted by Crippen LogP contribution is 2.24. The average Bonchev–Trinajstić information content (AvgIpc) is 2.79. The van der Waals surface area contributed by atoms with Crippen molar-refractivity contribution in [3.05, 3.63) is 40.7 Å². The van der Waals surface area contributed by atoms with Crippen LogP contribution >= 0.6 is 0 Å².